The molecule has 1 N–H and O–H groups in total. The van der Waals surface area contributed by atoms with Gasteiger partial charge in [0.15, 0.2) is 0 Å². The van der Waals surface area contributed by atoms with Crippen molar-refractivity contribution in [2.45, 2.75) is 12.0 Å². The van der Waals surface area contributed by atoms with Gasteiger partial charge in [-0.1, -0.05) is 60.7 Å². The summed E-state index contributed by atoms with van der Waals surface area (Å²) in [6, 6.07) is 17.4. The number of hydrogen-bond acceptors (Lipinski definition) is 4. The van der Waals surface area contributed by atoms with Crippen LogP contribution in [-0.2, 0) is 14.3 Å². The maximum atomic E-state index is 12.3. The lowest BCUT2D eigenvalue weighted by atomic mass is 10.0. The van der Waals surface area contributed by atoms with E-state index >= 15 is 0 Å². The standard InChI is InChI=1S/C17H16O4S/c18-16(19)15(13-9-5-2-6-10-13)21-17(20)14(11-22)12-7-3-1-4-8-12/h1-10,14-15,22H,11H2,(H,18,19). The number of aliphatic carboxylic acids is 1. The SMILES string of the molecule is O=C(OC(C(=O)O)c1ccccc1)C(CS)c1ccccc1. The number of thiol groups is 1. The molecule has 0 fully saturated rings. The van der Waals surface area contributed by atoms with Gasteiger partial charge in [0.2, 0.25) is 6.10 Å². The van der Waals surface area contributed by atoms with Crippen LogP contribution in [0.4, 0.5) is 0 Å². The number of benzene rings is 2. The van der Waals surface area contributed by atoms with Gasteiger partial charge in [-0.25, -0.2) is 4.79 Å². The van der Waals surface area contributed by atoms with E-state index in [1.165, 1.54) is 0 Å². The highest BCUT2D eigenvalue weighted by molar-refractivity contribution is 7.80. The van der Waals surface area contributed by atoms with Crippen molar-refractivity contribution in [1.29, 1.82) is 0 Å². The van der Waals surface area contributed by atoms with Crippen LogP contribution in [0.25, 0.3) is 0 Å². The number of carboxylic acids is 1. The van der Waals surface area contributed by atoms with Gasteiger partial charge >= 0.3 is 11.9 Å². The van der Waals surface area contributed by atoms with Crippen molar-refractivity contribution in [2.24, 2.45) is 0 Å². The number of carbonyl (C=O) groups excluding carboxylic acids is 1. The van der Waals surface area contributed by atoms with Gasteiger partial charge in [-0.2, -0.15) is 12.6 Å². The average molecular weight is 316 g/mol. The third-order valence-electron chi connectivity index (χ3n) is 3.23. The molecule has 0 aliphatic rings. The summed E-state index contributed by atoms with van der Waals surface area (Å²) in [6.07, 6.45) is -1.32. The van der Waals surface area contributed by atoms with Crippen LogP contribution in [0.5, 0.6) is 0 Å². The van der Waals surface area contributed by atoms with E-state index in [0.29, 0.717) is 5.56 Å². The molecule has 0 aromatic heterocycles. The fraction of sp³-hybridized carbons (Fsp3) is 0.176. The predicted octanol–water partition coefficient (Wildman–Crippen LogP) is 3.07. The Balaban J connectivity index is 2.19. The van der Waals surface area contributed by atoms with E-state index in [2.05, 4.69) is 12.6 Å². The van der Waals surface area contributed by atoms with E-state index in [0.717, 1.165) is 5.56 Å². The zero-order chi connectivity index (χ0) is 15.9. The van der Waals surface area contributed by atoms with E-state index in [1.54, 1.807) is 42.5 Å². The molecule has 0 saturated carbocycles. The highest BCUT2D eigenvalue weighted by Crippen LogP contribution is 2.24. The molecule has 2 aromatic rings. The fourth-order valence-electron chi connectivity index (χ4n) is 2.09. The average Bonchev–Trinajstić information content (AvgIpc) is 2.55. The normalized spacial score (nSPS) is 13.1. The summed E-state index contributed by atoms with van der Waals surface area (Å²) < 4.78 is 5.22. The zero-order valence-electron chi connectivity index (χ0n) is 11.8. The minimum atomic E-state index is -1.32. The molecule has 0 bridgehead atoms. The highest BCUT2D eigenvalue weighted by Gasteiger charge is 2.28. The van der Waals surface area contributed by atoms with Gasteiger partial charge in [0.05, 0.1) is 5.92 Å². The highest BCUT2D eigenvalue weighted by atomic mass is 32.1. The Kier molecular flexibility index (Phi) is 5.61. The smallest absolute Gasteiger partial charge is 0.349 e. The molecule has 5 heteroatoms. The number of hydrogen-bond donors (Lipinski definition) is 2. The van der Waals surface area contributed by atoms with E-state index in [4.69, 9.17) is 4.74 Å². The quantitative estimate of drug-likeness (QED) is 0.635. The molecule has 0 radical (unpaired) electrons. The van der Waals surface area contributed by atoms with E-state index < -0.39 is 24.0 Å². The second kappa shape index (κ2) is 7.66. The van der Waals surface area contributed by atoms with Crippen LogP contribution in [0.3, 0.4) is 0 Å². The van der Waals surface area contributed by atoms with Gasteiger partial charge in [0.1, 0.15) is 0 Å². The Labute approximate surface area is 134 Å². The van der Waals surface area contributed by atoms with E-state index in [-0.39, 0.29) is 5.75 Å². The molecule has 114 valence electrons. The molecule has 22 heavy (non-hydrogen) atoms. The Bertz CT molecular complexity index is 628. The van der Waals surface area contributed by atoms with E-state index in [9.17, 15) is 14.7 Å². The van der Waals surface area contributed by atoms with Gasteiger partial charge in [0.25, 0.3) is 0 Å². The molecule has 2 atom stereocenters. The lowest BCUT2D eigenvalue weighted by molar-refractivity contribution is -0.165. The van der Waals surface area contributed by atoms with Gasteiger partial charge < -0.3 is 9.84 Å². The third kappa shape index (κ3) is 3.89. The number of ether oxygens (including phenoxy) is 1. The number of esters is 1. The predicted molar refractivity (Wildman–Crippen MR) is 85.9 cm³/mol. The number of carboxylic acid groups (broad SMARTS) is 1. The first kappa shape index (κ1) is 16.1. The zero-order valence-corrected chi connectivity index (χ0v) is 12.6. The summed E-state index contributed by atoms with van der Waals surface area (Å²) in [5.74, 6) is -2.16. The number of carbonyl (C=O) groups is 2. The number of rotatable bonds is 6. The lowest BCUT2D eigenvalue weighted by Gasteiger charge is -2.19. The summed E-state index contributed by atoms with van der Waals surface area (Å²) >= 11 is 4.18. The molecule has 2 aromatic carbocycles. The minimum absolute atomic E-state index is 0.240. The van der Waals surface area contributed by atoms with Crippen molar-refractivity contribution in [3.05, 3.63) is 71.8 Å². The maximum Gasteiger partial charge on any atom is 0.349 e. The maximum absolute atomic E-state index is 12.3. The molecule has 2 rings (SSSR count). The van der Waals surface area contributed by atoms with Crippen LogP contribution >= 0.6 is 12.6 Å². The van der Waals surface area contributed by atoms with Gasteiger partial charge in [-0.05, 0) is 5.56 Å². The van der Waals surface area contributed by atoms with Gasteiger partial charge in [0, 0.05) is 11.3 Å². The Hall–Kier alpha value is -2.27. The third-order valence-corrected chi connectivity index (χ3v) is 3.59. The molecule has 0 aliphatic carbocycles. The van der Waals surface area contributed by atoms with Crippen LogP contribution in [0, 0.1) is 0 Å². The van der Waals surface area contributed by atoms with Crippen molar-refractivity contribution in [3.8, 4) is 0 Å². The van der Waals surface area contributed by atoms with Gasteiger partial charge in [-0.15, -0.1) is 0 Å². The molecule has 0 saturated heterocycles. The Morgan fingerprint density at radius 3 is 1.91 bits per heavy atom. The molecular weight excluding hydrogens is 300 g/mol. The first-order valence-electron chi connectivity index (χ1n) is 6.77. The van der Waals surface area contributed by atoms with Crippen LogP contribution in [-0.4, -0.2) is 22.8 Å². The van der Waals surface area contributed by atoms with Crippen molar-refractivity contribution in [2.75, 3.05) is 5.75 Å². The molecule has 0 spiro atoms. The van der Waals surface area contributed by atoms with Crippen molar-refractivity contribution in [1.82, 2.24) is 0 Å². The topological polar surface area (TPSA) is 63.6 Å². The fourth-order valence-corrected chi connectivity index (χ4v) is 2.45. The molecular formula is C17H16O4S. The first-order chi connectivity index (χ1) is 10.6. The first-order valence-corrected chi connectivity index (χ1v) is 7.40. The van der Waals surface area contributed by atoms with Crippen LogP contribution in [0.15, 0.2) is 60.7 Å². The monoisotopic (exact) mass is 316 g/mol. The molecule has 0 heterocycles. The Morgan fingerprint density at radius 1 is 0.955 bits per heavy atom. The van der Waals surface area contributed by atoms with Crippen molar-refractivity contribution < 1.29 is 19.4 Å². The molecule has 0 aliphatic heterocycles. The van der Waals surface area contributed by atoms with Crippen LogP contribution in [0.1, 0.15) is 23.1 Å². The van der Waals surface area contributed by atoms with Gasteiger partial charge in [-0.3, -0.25) is 4.79 Å². The van der Waals surface area contributed by atoms with Crippen molar-refractivity contribution >= 4 is 24.6 Å². The summed E-state index contributed by atoms with van der Waals surface area (Å²) in [5.41, 5.74) is 1.18. The summed E-state index contributed by atoms with van der Waals surface area (Å²) in [5, 5.41) is 9.30. The second-order valence-electron chi connectivity index (χ2n) is 4.71. The molecule has 4 nitrogen and oxygen atoms in total. The van der Waals surface area contributed by atoms with Crippen LogP contribution < -0.4 is 0 Å². The lowest BCUT2D eigenvalue weighted by Crippen LogP contribution is -2.24. The summed E-state index contributed by atoms with van der Waals surface area (Å²) in [4.78, 5) is 23.7. The molecule has 0 amide bonds. The summed E-state index contributed by atoms with van der Waals surface area (Å²) in [7, 11) is 0. The minimum Gasteiger partial charge on any atom is -0.478 e. The van der Waals surface area contributed by atoms with Crippen LogP contribution in [0.2, 0.25) is 0 Å². The van der Waals surface area contributed by atoms with E-state index in [1.807, 2.05) is 18.2 Å². The van der Waals surface area contributed by atoms with Crippen molar-refractivity contribution in [3.63, 3.8) is 0 Å². The second-order valence-corrected chi connectivity index (χ2v) is 5.08. The largest absolute Gasteiger partial charge is 0.478 e. The summed E-state index contributed by atoms with van der Waals surface area (Å²) in [6.45, 7) is 0. The Morgan fingerprint density at radius 2 is 1.45 bits per heavy atom. The molecule has 2 unspecified atom stereocenters.